The van der Waals surface area contributed by atoms with E-state index in [0.717, 1.165) is 28.6 Å². The zero-order valence-electron chi connectivity index (χ0n) is 18.7. The van der Waals surface area contributed by atoms with E-state index in [1.165, 1.54) is 19.5 Å². The van der Waals surface area contributed by atoms with E-state index in [2.05, 4.69) is 4.98 Å². The number of halogens is 1. The van der Waals surface area contributed by atoms with Gasteiger partial charge in [-0.15, -0.1) is 0 Å². The molecule has 0 saturated carbocycles. The maximum absolute atomic E-state index is 13.4. The Labute approximate surface area is 191 Å². The van der Waals surface area contributed by atoms with Crippen LogP contribution in [-0.2, 0) is 28.4 Å². The Bertz CT molecular complexity index is 1290. The second kappa shape index (κ2) is 9.63. The van der Waals surface area contributed by atoms with Gasteiger partial charge in [0.1, 0.15) is 11.5 Å². The van der Waals surface area contributed by atoms with Crippen LogP contribution in [0.1, 0.15) is 37.7 Å². The first-order valence-electron chi connectivity index (χ1n) is 10.00. The van der Waals surface area contributed by atoms with E-state index < -0.39 is 34.1 Å². The Morgan fingerprint density at radius 1 is 1.09 bits per heavy atom. The highest BCUT2D eigenvalue weighted by atomic mass is 32.2. The third-order valence-corrected chi connectivity index (χ3v) is 7.27. The molecule has 0 atom stereocenters. The second-order valence-corrected chi connectivity index (χ2v) is 9.43. The molecule has 2 aromatic heterocycles. The van der Waals surface area contributed by atoms with Crippen molar-refractivity contribution in [1.29, 1.82) is 0 Å². The molecule has 0 aliphatic rings. The summed E-state index contributed by atoms with van der Waals surface area (Å²) in [7, 11) is -1.26. The Kier molecular flexibility index (Phi) is 7.09. The number of hydrogen-bond donors (Lipinski definition) is 0. The van der Waals surface area contributed by atoms with Crippen molar-refractivity contribution in [3.63, 3.8) is 0 Å². The van der Waals surface area contributed by atoms with Crippen LogP contribution in [0, 0.1) is 19.7 Å². The lowest BCUT2D eigenvalue weighted by Crippen LogP contribution is -2.35. The quantitative estimate of drug-likeness (QED) is 0.368. The van der Waals surface area contributed by atoms with E-state index >= 15 is 0 Å². The van der Waals surface area contributed by atoms with Crippen LogP contribution in [0.15, 0.2) is 53.7 Å². The molecule has 1 aromatic carbocycles. The Hall–Kier alpha value is -3.37. The van der Waals surface area contributed by atoms with Crippen LogP contribution >= 0.6 is 0 Å². The van der Waals surface area contributed by atoms with Crippen LogP contribution in [0.2, 0.25) is 0 Å². The van der Waals surface area contributed by atoms with Gasteiger partial charge in [-0.2, -0.15) is 4.31 Å². The van der Waals surface area contributed by atoms with Crippen LogP contribution in [-0.4, -0.2) is 47.7 Å². The van der Waals surface area contributed by atoms with E-state index in [-0.39, 0.29) is 22.7 Å². The van der Waals surface area contributed by atoms with E-state index in [1.54, 1.807) is 37.6 Å². The number of hydrogen-bond acceptors (Lipinski definition) is 6. The largest absolute Gasteiger partial charge is 0.464 e. The van der Waals surface area contributed by atoms with Gasteiger partial charge in [0.2, 0.25) is 10.0 Å². The highest BCUT2D eigenvalue weighted by Gasteiger charge is 2.31. The molecule has 33 heavy (non-hydrogen) atoms. The fourth-order valence-electron chi connectivity index (χ4n) is 3.69. The van der Waals surface area contributed by atoms with Gasteiger partial charge in [-0.05, 0) is 61.4 Å². The molecule has 10 heteroatoms. The molecule has 0 amide bonds. The molecule has 2 heterocycles. The number of nitrogens with zero attached hydrogens (tertiary/aromatic N) is 3. The van der Waals surface area contributed by atoms with E-state index in [1.807, 2.05) is 0 Å². The number of aromatic nitrogens is 2. The molecule has 0 bridgehead atoms. The molecule has 0 N–H and O–H groups in total. The Balaban J connectivity index is 2.03. The predicted molar refractivity (Wildman–Crippen MR) is 119 cm³/mol. The number of ether oxygens (including phenoxy) is 1. The number of sulfonamides is 1. The number of pyridine rings is 1. The molecule has 0 radical (unpaired) electrons. The fourth-order valence-corrected chi connectivity index (χ4v) is 5.07. The molecule has 0 saturated heterocycles. The summed E-state index contributed by atoms with van der Waals surface area (Å²) in [4.78, 5) is 29.3. The van der Waals surface area contributed by atoms with Gasteiger partial charge >= 0.3 is 5.97 Å². The van der Waals surface area contributed by atoms with Crippen LogP contribution in [0.3, 0.4) is 0 Å². The zero-order chi connectivity index (χ0) is 24.3. The minimum Gasteiger partial charge on any atom is -0.464 e. The van der Waals surface area contributed by atoms with Gasteiger partial charge in [-0.3, -0.25) is 9.78 Å². The topological polar surface area (TPSA) is 98.6 Å². The van der Waals surface area contributed by atoms with Crippen LogP contribution < -0.4 is 0 Å². The summed E-state index contributed by atoms with van der Waals surface area (Å²) in [5.41, 5.74) is 2.03. The van der Waals surface area contributed by atoms with Crippen molar-refractivity contribution in [3.8, 4) is 0 Å². The molecule has 0 spiro atoms. The van der Waals surface area contributed by atoms with Crippen molar-refractivity contribution in [3.05, 3.63) is 82.7 Å². The van der Waals surface area contributed by atoms with Gasteiger partial charge < -0.3 is 9.30 Å². The first-order chi connectivity index (χ1) is 15.6. The number of Topliss-reactive ketones (excluding diaryl/α,β-unsaturated/α-hetero) is 1. The lowest BCUT2D eigenvalue weighted by atomic mass is 10.1. The average Bonchev–Trinajstić information content (AvgIpc) is 3.01. The maximum atomic E-state index is 13.4. The Morgan fingerprint density at radius 3 is 2.27 bits per heavy atom. The number of rotatable bonds is 8. The molecule has 8 nitrogen and oxygen atoms in total. The minimum atomic E-state index is -4.14. The van der Waals surface area contributed by atoms with Crippen LogP contribution in [0.4, 0.5) is 4.39 Å². The maximum Gasteiger partial charge on any atom is 0.354 e. The molecular weight excluding hydrogens is 449 g/mol. The van der Waals surface area contributed by atoms with Crippen molar-refractivity contribution in [1.82, 2.24) is 13.9 Å². The van der Waals surface area contributed by atoms with Gasteiger partial charge in [-0.25, -0.2) is 17.6 Å². The van der Waals surface area contributed by atoms with Crippen molar-refractivity contribution in [2.45, 2.75) is 25.3 Å². The fraction of sp³-hybridized carbons (Fsp3) is 0.261. The molecule has 3 aromatic rings. The minimum absolute atomic E-state index is 0.0945. The second-order valence-electron chi connectivity index (χ2n) is 7.49. The standard InChI is InChI=1S/C23H24FN3O5S/c1-15-21(16(2)26(3)22(15)23(29)32-4)20(28)14-27(13-17-9-11-25-12-10-17)33(30,31)19-7-5-18(24)6-8-19/h5-12H,13-14H2,1-4H3. The van der Waals surface area contributed by atoms with Crippen LogP contribution in [0.25, 0.3) is 0 Å². The first kappa shape index (κ1) is 24.3. The molecular formula is C23H24FN3O5S. The highest BCUT2D eigenvalue weighted by Crippen LogP contribution is 2.25. The summed E-state index contributed by atoms with van der Waals surface area (Å²) in [5, 5.41) is 0. The summed E-state index contributed by atoms with van der Waals surface area (Å²) in [5.74, 6) is -1.64. The Morgan fingerprint density at radius 2 is 1.70 bits per heavy atom. The smallest absolute Gasteiger partial charge is 0.354 e. The molecule has 174 valence electrons. The number of methoxy groups -OCH3 is 1. The monoisotopic (exact) mass is 473 g/mol. The lowest BCUT2D eigenvalue weighted by molar-refractivity contribution is 0.0588. The van der Waals surface area contributed by atoms with Gasteiger partial charge in [0.25, 0.3) is 0 Å². The van der Waals surface area contributed by atoms with Gasteiger partial charge in [-0.1, -0.05) is 0 Å². The van der Waals surface area contributed by atoms with E-state index in [4.69, 9.17) is 4.74 Å². The SMILES string of the molecule is COC(=O)c1c(C)c(C(=O)CN(Cc2ccncc2)S(=O)(=O)c2ccc(F)cc2)c(C)n1C. The lowest BCUT2D eigenvalue weighted by Gasteiger charge is -2.22. The first-order valence-corrected chi connectivity index (χ1v) is 11.4. The molecule has 0 unspecified atom stereocenters. The highest BCUT2D eigenvalue weighted by molar-refractivity contribution is 7.89. The zero-order valence-corrected chi connectivity index (χ0v) is 19.5. The summed E-state index contributed by atoms with van der Waals surface area (Å²) in [6.45, 7) is 2.72. The predicted octanol–water partition coefficient (Wildman–Crippen LogP) is 3.04. The van der Waals surface area contributed by atoms with Crippen molar-refractivity contribution < 1.29 is 27.1 Å². The third-order valence-electron chi connectivity index (χ3n) is 5.47. The summed E-state index contributed by atoms with van der Waals surface area (Å²) >= 11 is 0. The van der Waals surface area contributed by atoms with Crippen molar-refractivity contribution in [2.75, 3.05) is 13.7 Å². The normalized spacial score (nSPS) is 11.6. The van der Waals surface area contributed by atoms with E-state index in [0.29, 0.717) is 16.8 Å². The molecule has 0 fully saturated rings. The molecule has 3 rings (SSSR count). The number of benzene rings is 1. The number of ketones is 1. The van der Waals surface area contributed by atoms with Crippen molar-refractivity contribution in [2.24, 2.45) is 7.05 Å². The van der Waals surface area contributed by atoms with Crippen LogP contribution in [0.5, 0.6) is 0 Å². The third kappa shape index (κ3) is 4.86. The molecule has 0 aliphatic heterocycles. The number of esters is 1. The van der Waals surface area contributed by atoms with Gasteiger partial charge in [0.15, 0.2) is 5.78 Å². The summed E-state index contributed by atoms with van der Waals surface area (Å²) in [6.07, 6.45) is 3.04. The van der Waals surface area contributed by atoms with E-state index in [9.17, 15) is 22.4 Å². The number of carbonyl (C=O) groups excluding carboxylic acids is 2. The van der Waals surface area contributed by atoms with Gasteiger partial charge in [0, 0.05) is 37.2 Å². The summed E-state index contributed by atoms with van der Waals surface area (Å²) in [6, 6.07) is 7.70. The average molecular weight is 474 g/mol. The van der Waals surface area contributed by atoms with Crippen molar-refractivity contribution >= 4 is 21.8 Å². The molecule has 0 aliphatic carbocycles. The van der Waals surface area contributed by atoms with Gasteiger partial charge in [0.05, 0.1) is 18.6 Å². The summed E-state index contributed by atoms with van der Waals surface area (Å²) < 4.78 is 47.5. The number of carbonyl (C=O) groups is 2.